The van der Waals surface area contributed by atoms with Crippen LogP contribution in [0.3, 0.4) is 0 Å². The lowest BCUT2D eigenvalue weighted by Crippen LogP contribution is -2.24. The van der Waals surface area contributed by atoms with Gasteiger partial charge in [-0.3, -0.25) is 14.4 Å². The molecule has 0 saturated heterocycles. The first kappa shape index (κ1) is 18.6. The molecule has 0 heterocycles. The summed E-state index contributed by atoms with van der Waals surface area (Å²) in [6, 6.07) is 18.1. The van der Waals surface area contributed by atoms with Crippen molar-refractivity contribution in [3.8, 4) is 0 Å². The molecule has 3 aromatic rings. The molecule has 1 aliphatic rings. The first-order valence-corrected chi connectivity index (χ1v) is 9.38. The standard InChI is InChI=1S/C24H20N2O3/c1-14-7-9-16(10-8-14)26-20-12-11-19(25-13-15(2)27)21-22(20)24(29)18-6-4-3-5-17(18)23(21)28/h3-12,25-26H,13H2,1-2H3. The van der Waals surface area contributed by atoms with Crippen molar-refractivity contribution in [3.05, 3.63) is 88.5 Å². The van der Waals surface area contributed by atoms with Gasteiger partial charge in [-0.2, -0.15) is 0 Å². The maximum absolute atomic E-state index is 13.3. The summed E-state index contributed by atoms with van der Waals surface area (Å²) in [7, 11) is 0. The van der Waals surface area contributed by atoms with Crippen LogP contribution >= 0.6 is 0 Å². The highest BCUT2D eigenvalue weighted by atomic mass is 16.1. The summed E-state index contributed by atoms with van der Waals surface area (Å²) in [5, 5.41) is 6.27. The first-order valence-electron chi connectivity index (χ1n) is 9.38. The minimum absolute atomic E-state index is 0.0596. The third-order valence-electron chi connectivity index (χ3n) is 4.93. The van der Waals surface area contributed by atoms with Crippen LogP contribution in [0.1, 0.15) is 44.3 Å². The van der Waals surface area contributed by atoms with Crippen molar-refractivity contribution in [3.63, 3.8) is 0 Å². The molecule has 5 nitrogen and oxygen atoms in total. The Kier molecular flexibility index (Phi) is 4.72. The van der Waals surface area contributed by atoms with E-state index in [9.17, 15) is 14.4 Å². The fourth-order valence-corrected chi connectivity index (χ4v) is 3.49. The number of carbonyl (C=O) groups excluding carboxylic acids is 3. The van der Waals surface area contributed by atoms with Gasteiger partial charge in [-0.05, 0) is 38.1 Å². The lowest BCUT2D eigenvalue weighted by Gasteiger charge is -2.23. The molecule has 2 N–H and O–H groups in total. The van der Waals surface area contributed by atoms with Gasteiger partial charge in [0.25, 0.3) is 0 Å². The molecule has 0 radical (unpaired) electrons. The third kappa shape index (κ3) is 3.43. The number of Topliss-reactive ketones (excluding diaryl/α,β-unsaturated/α-hetero) is 1. The van der Waals surface area contributed by atoms with Crippen molar-refractivity contribution < 1.29 is 14.4 Å². The van der Waals surface area contributed by atoms with Gasteiger partial charge >= 0.3 is 0 Å². The van der Waals surface area contributed by atoms with Gasteiger partial charge in [0, 0.05) is 22.5 Å². The summed E-state index contributed by atoms with van der Waals surface area (Å²) >= 11 is 0. The number of carbonyl (C=O) groups is 3. The lowest BCUT2D eigenvalue weighted by molar-refractivity contribution is -0.115. The maximum Gasteiger partial charge on any atom is 0.196 e. The van der Waals surface area contributed by atoms with E-state index >= 15 is 0 Å². The summed E-state index contributed by atoms with van der Waals surface area (Å²) in [4.78, 5) is 38.0. The number of anilines is 3. The Morgan fingerprint density at radius 2 is 1.34 bits per heavy atom. The summed E-state index contributed by atoms with van der Waals surface area (Å²) in [6.07, 6.45) is 0. The monoisotopic (exact) mass is 384 g/mol. The lowest BCUT2D eigenvalue weighted by atomic mass is 9.82. The number of fused-ring (bicyclic) bond motifs is 2. The molecule has 0 atom stereocenters. The second-order valence-corrected chi connectivity index (χ2v) is 7.16. The molecule has 0 aliphatic heterocycles. The van der Waals surface area contributed by atoms with Gasteiger partial charge in [-0.15, -0.1) is 0 Å². The summed E-state index contributed by atoms with van der Waals surface area (Å²) in [5.41, 5.74) is 4.38. The van der Waals surface area contributed by atoms with E-state index in [0.29, 0.717) is 33.6 Å². The van der Waals surface area contributed by atoms with E-state index in [2.05, 4.69) is 10.6 Å². The average Bonchev–Trinajstić information content (AvgIpc) is 2.72. The van der Waals surface area contributed by atoms with Gasteiger partial charge in [-0.1, -0.05) is 42.0 Å². The smallest absolute Gasteiger partial charge is 0.196 e. The van der Waals surface area contributed by atoms with E-state index in [1.807, 2.05) is 31.2 Å². The molecule has 4 rings (SSSR count). The van der Waals surface area contributed by atoms with Crippen LogP contribution in [0, 0.1) is 6.92 Å². The van der Waals surface area contributed by atoms with Crippen LogP contribution in [0.25, 0.3) is 0 Å². The molecule has 0 amide bonds. The fourth-order valence-electron chi connectivity index (χ4n) is 3.49. The molecule has 144 valence electrons. The summed E-state index contributed by atoms with van der Waals surface area (Å²) < 4.78 is 0. The van der Waals surface area contributed by atoms with Crippen molar-refractivity contribution in [1.82, 2.24) is 0 Å². The minimum Gasteiger partial charge on any atom is -0.377 e. The number of hydrogen-bond donors (Lipinski definition) is 2. The Labute approximate surface area is 168 Å². The predicted octanol–water partition coefficient (Wildman–Crippen LogP) is 4.51. The van der Waals surface area contributed by atoms with Gasteiger partial charge in [0.2, 0.25) is 0 Å². The number of rotatable bonds is 5. The van der Waals surface area contributed by atoms with Crippen LogP contribution in [-0.4, -0.2) is 23.9 Å². The Hall–Kier alpha value is -3.73. The Balaban J connectivity index is 1.86. The van der Waals surface area contributed by atoms with E-state index in [1.54, 1.807) is 36.4 Å². The summed E-state index contributed by atoms with van der Waals surface area (Å²) in [5.74, 6) is -0.499. The van der Waals surface area contributed by atoms with Gasteiger partial charge in [-0.25, -0.2) is 0 Å². The number of ketones is 3. The molecule has 1 aliphatic carbocycles. The van der Waals surface area contributed by atoms with Crippen LogP contribution in [0.2, 0.25) is 0 Å². The molecule has 29 heavy (non-hydrogen) atoms. The zero-order valence-corrected chi connectivity index (χ0v) is 16.2. The molecule has 0 aromatic heterocycles. The van der Waals surface area contributed by atoms with Crippen LogP contribution < -0.4 is 10.6 Å². The zero-order valence-electron chi connectivity index (χ0n) is 16.2. The highest BCUT2D eigenvalue weighted by Gasteiger charge is 2.33. The van der Waals surface area contributed by atoms with Crippen LogP contribution in [-0.2, 0) is 4.79 Å². The molecular formula is C24H20N2O3. The maximum atomic E-state index is 13.3. The molecule has 3 aromatic carbocycles. The molecule has 5 heteroatoms. The quantitative estimate of drug-likeness (QED) is 0.529. The minimum atomic E-state index is -0.228. The van der Waals surface area contributed by atoms with E-state index in [-0.39, 0.29) is 23.9 Å². The zero-order chi connectivity index (χ0) is 20.5. The van der Waals surface area contributed by atoms with Crippen molar-refractivity contribution in [2.75, 3.05) is 17.2 Å². The fraction of sp³-hybridized carbons (Fsp3) is 0.125. The number of hydrogen-bond acceptors (Lipinski definition) is 5. The van der Waals surface area contributed by atoms with Crippen LogP contribution in [0.15, 0.2) is 60.7 Å². The van der Waals surface area contributed by atoms with Gasteiger partial charge in [0.15, 0.2) is 11.6 Å². The van der Waals surface area contributed by atoms with E-state index in [1.165, 1.54) is 6.92 Å². The average molecular weight is 384 g/mol. The predicted molar refractivity (Wildman–Crippen MR) is 113 cm³/mol. The summed E-state index contributed by atoms with van der Waals surface area (Å²) in [6.45, 7) is 3.55. The van der Waals surface area contributed by atoms with E-state index in [4.69, 9.17) is 0 Å². The van der Waals surface area contributed by atoms with Crippen molar-refractivity contribution >= 4 is 34.4 Å². The number of benzene rings is 3. The molecule has 0 bridgehead atoms. The number of nitrogens with one attached hydrogen (secondary N) is 2. The molecular weight excluding hydrogens is 364 g/mol. The number of aryl methyl sites for hydroxylation is 1. The highest BCUT2D eigenvalue weighted by molar-refractivity contribution is 6.32. The molecule has 0 spiro atoms. The Morgan fingerprint density at radius 3 is 1.93 bits per heavy atom. The van der Waals surface area contributed by atoms with Crippen LogP contribution in [0.4, 0.5) is 17.1 Å². The molecule has 0 unspecified atom stereocenters. The second-order valence-electron chi connectivity index (χ2n) is 7.16. The SMILES string of the molecule is CC(=O)CNc1ccc(Nc2ccc(C)cc2)c2c1C(=O)c1ccccc1C2=O. The third-order valence-corrected chi connectivity index (χ3v) is 4.93. The first-order chi connectivity index (χ1) is 14.0. The van der Waals surface area contributed by atoms with E-state index < -0.39 is 0 Å². The van der Waals surface area contributed by atoms with E-state index in [0.717, 1.165) is 11.3 Å². The molecule has 0 fully saturated rings. The van der Waals surface area contributed by atoms with Crippen molar-refractivity contribution in [1.29, 1.82) is 0 Å². The van der Waals surface area contributed by atoms with Gasteiger partial charge < -0.3 is 10.6 Å². The highest BCUT2D eigenvalue weighted by Crippen LogP contribution is 2.37. The Bertz CT molecular complexity index is 1150. The van der Waals surface area contributed by atoms with Crippen molar-refractivity contribution in [2.45, 2.75) is 13.8 Å². The largest absolute Gasteiger partial charge is 0.377 e. The second kappa shape index (κ2) is 7.36. The molecule has 0 saturated carbocycles. The topological polar surface area (TPSA) is 75.3 Å². The van der Waals surface area contributed by atoms with Crippen molar-refractivity contribution in [2.24, 2.45) is 0 Å². The van der Waals surface area contributed by atoms with Gasteiger partial charge in [0.1, 0.15) is 5.78 Å². The Morgan fingerprint density at radius 1 is 0.793 bits per heavy atom. The van der Waals surface area contributed by atoms with Gasteiger partial charge in [0.05, 0.1) is 23.4 Å². The van der Waals surface area contributed by atoms with Crippen LogP contribution in [0.5, 0.6) is 0 Å². The normalized spacial score (nSPS) is 12.2.